The molecule has 0 fully saturated rings. The number of hydrogen-bond donors (Lipinski definition) is 3. The standard InChI is InChI=1S/C31H27F3N4O5S/c1-21(39)37-26-13-9-22(10-14-26)19-35-27-7-4-5-23(17-27)18-30(40)38-36-20-24-6-2-3-8-29(24)43-44(41,42)28-15-11-25(12-16-28)31(32,33)34/h2-17,20,35H,18-19H2,1H3,(H,37,39)(H,38,40)/b36-20+. The van der Waals surface area contributed by atoms with E-state index < -0.39 is 32.7 Å². The van der Waals surface area contributed by atoms with Gasteiger partial charge in [-0.05, 0) is 71.8 Å². The van der Waals surface area contributed by atoms with Crippen molar-refractivity contribution in [3.8, 4) is 5.75 Å². The number of hydrazone groups is 1. The van der Waals surface area contributed by atoms with Crippen LogP contribution in [-0.2, 0) is 38.8 Å². The first-order chi connectivity index (χ1) is 20.9. The van der Waals surface area contributed by atoms with Gasteiger partial charge in [-0.25, -0.2) is 5.43 Å². The van der Waals surface area contributed by atoms with Crippen molar-refractivity contribution in [3.63, 3.8) is 0 Å². The molecular weight excluding hydrogens is 597 g/mol. The van der Waals surface area contributed by atoms with Crippen LogP contribution in [-0.4, -0.2) is 26.4 Å². The minimum Gasteiger partial charge on any atom is -0.381 e. The molecule has 4 aromatic carbocycles. The zero-order valence-electron chi connectivity index (χ0n) is 23.3. The maximum Gasteiger partial charge on any atom is 0.416 e. The molecule has 0 saturated carbocycles. The summed E-state index contributed by atoms with van der Waals surface area (Å²) in [4.78, 5) is 23.2. The Morgan fingerprint density at radius 3 is 2.25 bits per heavy atom. The topological polar surface area (TPSA) is 126 Å². The molecule has 0 aliphatic carbocycles. The van der Waals surface area contributed by atoms with Crippen LogP contribution in [0.15, 0.2) is 107 Å². The number of amides is 2. The quantitative estimate of drug-likeness (QED) is 0.111. The lowest BCUT2D eigenvalue weighted by molar-refractivity contribution is -0.137. The van der Waals surface area contributed by atoms with Crippen LogP contribution in [0.3, 0.4) is 0 Å². The number of anilines is 2. The van der Waals surface area contributed by atoms with Crippen LogP contribution in [0.1, 0.15) is 29.2 Å². The zero-order valence-corrected chi connectivity index (χ0v) is 24.1. The van der Waals surface area contributed by atoms with Crippen molar-refractivity contribution in [2.45, 2.75) is 31.0 Å². The van der Waals surface area contributed by atoms with E-state index in [2.05, 4.69) is 21.2 Å². The molecule has 13 heteroatoms. The molecule has 4 aromatic rings. The number of nitrogens with one attached hydrogen (secondary N) is 3. The summed E-state index contributed by atoms with van der Waals surface area (Å²) in [5.74, 6) is -0.705. The van der Waals surface area contributed by atoms with Crippen LogP contribution in [0.25, 0.3) is 0 Å². The second-order valence-electron chi connectivity index (χ2n) is 9.50. The van der Waals surface area contributed by atoms with Crippen molar-refractivity contribution in [2.24, 2.45) is 5.10 Å². The highest BCUT2D eigenvalue weighted by molar-refractivity contribution is 7.87. The van der Waals surface area contributed by atoms with E-state index in [1.807, 2.05) is 36.4 Å². The highest BCUT2D eigenvalue weighted by atomic mass is 32.2. The summed E-state index contributed by atoms with van der Waals surface area (Å²) in [5, 5.41) is 9.89. The van der Waals surface area contributed by atoms with Crippen molar-refractivity contribution in [1.82, 2.24) is 5.43 Å². The average Bonchev–Trinajstić information content (AvgIpc) is 2.97. The SMILES string of the molecule is CC(=O)Nc1ccc(CNc2cccc(CC(=O)N/N=C/c3ccccc3OS(=O)(=O)c3ccc(C(F)(F)F)cc3)c2)cc1. The molecule has 0 heterocycles. The first-order valence-corrected chi connectivity index (χ1v) is 14.5. The molecule has 0 saturated heterocycles. The smallest absolute Gasteiger partial charge is 0.381 e. The van der Waals surface area contributed by atoms with E-state index in [4.69, 9.17) is 4.18 Å². The normalized spacial score (nSPS) is 11.6. The van der Waals surface area contributed by atoms with Crippen LogP contribution < -0.4 is 20.2 Å². The van der Waals surface area contributed by atoms with Crippen LogP contribution in [0.5, 0.6) is 5.75 Å². The molecule has 228 valence electrons. The molecule has 0 aliphatic rings. The largest absolute Gasteiger partial charge is 0.416 e. The van der Waals surface area contributed by atoms with E-state index in [1.165, 1.54) is 31.3 Å². The summed E-state index contributed by atoms with van der Waals surface area (Å²) in [7, 11) is -4.45. The van der Waals surface area contributed by atoms with Gasteiger partial charge in [-0.3, -0.25) is 9.59 Å². The molecule has 0 spiro atoms. The summed E-state index contributed by atoms with van der Waals surface area (Å²) >= 11 is 0. The Balaban J connectivity index is 1.33. The van der Waals surface area contributed by atoms with Gasteiger partial charge in [0.25, 0.3) is 0 Å². The Labute approximate surface area is 251 Å². The molecule has 44 heavy (non-hydrogen) atoms. The Kier molecular flexibility index (Phi) is 10.0. The number of benzene rings is 4. The van der Waals surface area contributed by atoms with E-state index in [9.17, 15) is 31.2 Å². The highest BCUT2D eigenvalue weighted by Crippen LogP contribution is 2.30. The van der Waals surface area contributed by atoms with E-state index in [-0.39, 0.29) is 23.6 Å². The molecule has 0 unspecified atom stereocenters. The van der Waals surface area contributed by atoms with Crippen molar-refractivity contribution in [3.05, 3.63) is 119 Å². The Bertz CT molecular complexity index is 1760. The van der Waals surface area contributed by atoms with Gasteiger partial charge in [-0.15, -0.1) is 0 Å². The number of para-hydroxylation sites is 1. The molecule has 9 nitrogen and oxygen atoms in total. The van der Waals surface area contributed by atoms with Gasteiger partial charge in [0.2, 0.25) is 11.8 Å². The fourth-order valence-corrected chi connectivity index (χ4v) is 4.90. The number of halogens is 3. The maximum atomic E-state index is 12.8. The van der Waals surface area contributed by atoms with Gasteiger partial charge >= 0.3 is 16.3 Å². The zero-order chi connectivity index (χ0) is 31.7. The number of rotatable bonds is 11. The second-order valence-corrected chi connectivity index (χ2v) is 11.0. The molecule has 4 rings (SSSR count). The minimum atomic E-state index is -4.61. The summed E-state index contributed by atoms with van der Waals surface area (Å²) in [6.45, 7) is 1.97. The lowest BCUT2D eigenvalue weighted by Gasteiger charge is -2.11. The van der Waals surface area contributed by atoms with Gasteiger partial charge in [0.05, 0.1) is 18.2 Å². The van der Waals surface area contributed by atoms with Gasteiger partial charge in [0.1, 0.15) is 4.90 Å². The van der Waals surface area contributed by atoms with Gasteiger partial charge in [-0.2, -0.15) is 26.7 Å². The molecule has 0 atom stereocenters. The number of carbonyl (C=O) groups excluding carboxylic acids is 2. The molecule has 0 radical (unpaired) electrons. The van der Waals surface area contributed by atoms with Crippen molar-refractivity contribution in [1.29, 1.82) is 0 Å². The van der Waals surface area contributed by atoms with Crippen LogP contribution in [0, 0.1) is 0 Å². The van der Waals surface area contributed by atoms with Gasteiger partial charge in [0.15, 0.2) is 5.75 Å². The third-order valence-electron chi connectivity index (χ3n) is 6.04. The molecular formula is C31H27F3N4O5S. The van der Waals surface area contributed by atoms with Crippen molar-refractivity contribution < 1.29 is 35.4 Å². The number of nitrogens with zero attached hydrogens (tertiary/aromatic N) is 1. The summed E-state index contributed by atoms with van der Waals surface area (Å²) in [6, 6.07) is 23.5. The predicted octanol–water partition coefficient (Wildman–Crippen LogP) is 5.74. The number of hydrogen-bond acceptors (Lipinski definition) is 7. The molecule has 3 N–H and O–H groups in total. The first-order valence-electron chi connectivity index (χ1n) is 13.1. The van der Waals surface area contributed by atoms with Crippen LogP contribution in [0.4, 0.5) is 24.5 Å². The third-order valence-corrected chi connectivity index (χ3v) is 7.29. The Morgan fingerprint density at radius 2 is 1.57 bits per heavy atom. The Morgan fingerprint density at radius 1 is 0.864 bits per heavy atom. The van der Waals surface area contributed by atoms with Gasteiger partial charge in [-0.1, -0.05) is 36.4 Å². The van der Waals surface area contributed by atoms with Crippen LogP contribution in [0.2, 0.25) is 0 Å². The fraction of sp³-hybridized carbons (Fsp3) is 0.129. The Hall–Kier alpha value is -5.17. The summed E-state index contributed by atoms with van der Waals surface area (Å²) in [6.07, 6.45) is -3.40. The number of carbonyl (C=O) groups is 2. The fourth-order valence-electron chi connectivity index (χ4n) is 3.94. The van der Waals surface area contributed by atoms with Crippen molar-refractivity contribution in [2.75, 3.05) is 10.6 Å². The minimum absolute atomic E-state index is 0.0126. The molecule has 2 amide bonds. The van der Waals surface area contributed by atoms with E-state index >= 15 is 0 Å². The predicted molar refractivity (Wildman–Crippen MR) is 160 cm³/mol. The van der Waals surface area contributed by atoms with E-state index in [1.54, 1.807) is 18.2 Å². The van der Waals surface area contributed by atoms with Crippen molar-refractivity contribution >= 4 is 39.5 Å². The average molecular weight is 625 g/mol. The van der Waals surface area contributed by atoms with Crippen LogP contribution >= 0.6 is 0 Å². The van der Waals surface area contributed by atoms with Gasteiger partial charge in [0, 0.05) is 30.4 Å². The monoisotopic (exact) mass is 624 g/mol. The summed E-state index contributed by atoms with van der Waals surface area (Å²) < 4.78 is 68.9. The molecule has 0 aliphatic heterocycles. The highest BCUT2D eigenvalue weighted by Gasteiger charge is 2.31. The lowest BCUT2D eigenvalue weighted by Crippen LogP contribution is -2.20. The molecule has 0 aromatic heterocycles. The second kappa shape index (κ2) is 13.9. The van der Waals surface area contributed by atoms with E-state index in [0.717, 1.165) is 28.9 Å². The van der Waals surface area contributed by atoms with Gasteiger partial charge < -0.3 is 14.8 Å². The van der Waals surface area contributed by atoms with E-state index in [0.29, 0.717) is 24.4 Å². The summed E-state index contributed by atoms with van der Waals surface area (Å²) in [5.41, 5.74) is 4.82. The number of alkyl halides is 3. The maximum absolute atomic E-state index is 12.8. The molecule has 0 bridgehead atoms. The lowest BCUT2D eigenvalue weighted by atomic mass is 10.1. The first kappa shape index (κ1) is 31.8. The third kappa shape index (κ3) is 9.16.